The monoisotopic (exact) mass is 284 g/mol. The largest absolute Gasteiger partial charge is 0.493 e. The Kier molecular flexibility index (Phi) is 6.16. The molecular weight excluding hydrogens is 268 g/mol. The summed E-state index contributed by atoms with van der Waals surface area (Å²) in [7, 11) is 0. The molecule has 1 rings (SSSR count). The third kappa shape index (κ3) is 4.35. The number of hydrogen-bond donors (Lipinski definition) is 0. The van der Waals surface area contributed by atoms with Crippen LogP contribution in [0.4, 0.5) is 0 Å². The van der Waals surface area contributed by atoms with Crippen LogP contribution in [0.1, 0.15) is 35.2 Å². The van der Waals surface area contributed by atoms with E-state index in [9.17, 15) is 4.79 Å². The van der Waals surface area contributed by atoms with Crippen molar-refractivity contribution in [2.24, 2.45) is 0 Å². The normalized spacial score (nSPS) is 10.1. The zero-order valence-corrected chi connectivity index (χ0v) is 11.1. The lowest BCUT2D eigenvalue weighted by molar-refractivity contribution is 0.112. The minimum Gasteiger partial charge on any atom is -0.493 e. The minimum absolute atomic E-state index is 0.698. The number of hydrogen-bond acceptors (Lipinski definition) is 2. The maximum absolute atomic E-state index is 10.6. The molecule has 0 atom stereocenters. The smallest absolute Gasteiger partial charge is 0.150 e. The molecule has 0 N–H and O–H groups in total. The molecular formula is C13H17BrO2. The second kappa shape index (κ2) is 7.44. The van der Waals surface area contributed by atoms with Crippen LogP contribution in [0.2, 0.25) is 0 Å². The molecule has 0 heterocycles. The lowest BCUT2D eigenvalue weighted by Crippen LogP contribution is -1.99. The predicted octanol–water partition coefficient (Wildman–Crippen LogP) is 3.75. The van der Waals surface area contributed by atoms with Crippen molar-refractivity contribution in [1.82, 2.24) is 0 Å². The maximum atomic E-state index is 10.6. The molecule has 0 bridgehead atoms. The lowest BCUT2D eigenvalue weighted by Gasteiger charge is -2.09. The molecule has 0 spiro atoms. The summed E-state index contributed by atoms with van der Waals surface area (Å²) in [6, 6.07) is 5.50. The van der Waals surface area contributed by atoms with E-state index < -0.39 is 0 Å². The van der Waals surface area contributed by atoms with Gasteiger partial charge in [0.25, 0.3) is 0 Å². The summed E-state index contributed by atoms with van der Waals surface area (Å²) < 4.78 is 5.65. The molecule has 0 saturated carbocycles. The lowest BCUT2D eigenvalue weighted by atomic mass is 10.1. The molecule has 3 heteroatoms. The number of alkyl halides is 1. The quantitative estimate of drug-likeness (QED) is 0.433. The summed E-state index contributed by atoms with van der Waals surface area (Å²) in [6.07, 6.45) is 4.29. The van der Waals surface area contributed by atoms with Gasteiger partial charge in [-0.2, -0.15) is 0 Å². The molecule has 2 nitrogen and oxygen atoms in total. The molecule has 0 aromatic heterocycles. The molecule has 0 radical (unpaired) electrons. The van der Waals surface area contributed by atoms with Gasteiger partial charge in [0.1, 0.15) is 12.0 Å². The number of rotatable bonds is 7. The van der Waals surface area contributed by atoms with Gasteiger partial charge in [-0.15, -0.1) is 0 Å². The number of carbonyl (C=O) groups is 1. The van der Waals surface area contributed by atoms with Crippen molar-refractivity contribution < 1.29 is 9.53 Å². The summed E-state index contributed by atoms with van der Waals surface area (Å²) in [5.41, 5.74) is 1.72. The third-order valence-electron chi connectivity index (χ3n) is 2.37. The molecule has 0 saturated heterocycles. The fourth-order valence-corrected chi connectivity index (χ4v) is 1.86. The van der Waals surface area contributed by atoms with Gasteiger partial charge in [-0.3, -0.25) is 4.79 Å². The average Bonchev–Trinajstić information content (AvgIpc) is 2.30. The van der Waals surface area contributed by atoms with Crippen molar-refractivity contribution in [3.8, 4) is 5.75 Å². The van der Waals surface area contributed by atoms with Gasteiger partial charge in [-0.1, -0.05) is 15.9 Å². The van der Waals surface area contributed by atoms with Crippen LogP contribution >= 0.6 is 15.9 Å². The van der Waals surface area contributed by atoms with Gasteiger partial charge in [-0.05, 0) is 49.9 Å². The fraction of sp³-hybridized carbons (Fsp3) is 0.462. The van der Waals surface area contributed by atoms with Gasteiger partial charge in [0.15, 0.2) is 0 Å². The first kappa shape index (κ1) is 13.2. The van der Waals surface area contributed by atoms with Gasteiger partial charge in [0.05, 0.1) is 6.61 Å². The van der Waals surface area contributed by atoms with Gasteiger partial charge in [0, 0.05) is 10.9 Å². The van der Waals surface area contributed by atoms with E-state index in [1.165, 1.54) is 12.8 Å². The van der Waals surface area contributed by atoms with E-state index in [0.29, 0.717) is 5.56 Å². The number of aldehydes is 1. The second-order valence-electron chi connectivity index (χ2n) is 3.74. The number of benzene rings is 1. The molecule has 0 aliphatic heterocycles. The van der Waals surface area contributed by atoms with E-state index >= 15 is 0 Å². The van der Waals surface area contributed by atoms with E-state index in [1.807, 2.05) is 19.1 Å². The van der Waals surface area contributed by atoms with Crippen molar-refractivity contribution in [2.75, 3.05) is 11.9 Å². The van der Waals surface area contributed by atoms with E-state index in [0.717, 1.165) is 36.0 Å². The Labute approximate surface area is 105 Å². The highest BCUT2D eigenvalue weighted by Crippen LogP contribution is 2.18. The van der Waals surface area contributed by atoms with Crippen LogP contribution in [0, 0.1) is 6.92 Å². The zero-order valence-electron chi connectivity index (χ0n) is 9.54. The van der Waals surface area contributed by atoms with Crippen LogP contribution in [-0.4, -0.2) is 18.2 Å². The second-order valence-corrected chi connectivity index (χ2v) is 4.53. The maximum Gasteiger partial charge on any atom is 0.150 e. The van der Waals surface area contributed by atoms with Crippen molar-refractivity contribution in [3.63, 3.8) is 0 Å². The Morgan fingerprint density at radius 2 is 2.12 bits per heavy atom. The Hall–Kier alpha value is -0.830. The van der Waals surface area contributed by atoms with E-state index in [4.69, 9.17) is 4.74 Å². The van der Waals surface area contributed by atoms with Crippen molar-refractivity contribution in [2.45, 2.75) is 26.2 Å². The highest BCUT2D eigenvalue weighted by Gasteiger charge is 2.00. The Morgan fingerprint density at radius 1 is 1.31 bits per heavy atom. The predicted molar refractivity (Wildman–Crippen MR) is 69.7 cm³/mol. The highest BCUT2D eigenvalue weighted by molar-refractivity contribution is 9.09. The van der Waals surface area contributed by atoms with Crippen molar-refractivity contribution in [3.05, 3.63) is 29.3 Å². The Balaban J connectivity index is 2.39. The average molecular weight is 285 g/mol. The molecule has 0 aliphatic carbocycles. The standard InChI is InChI=1S/C13H17BrO2/c1-11-9-12(10-15)5-6-13(11)16-8-4-2-3-7-14/h5-6,9-10H,2-4,7-8H2,1H3. The number of unbranched alkanes of at least 4 members (excludes halogenated alkanes) is 2. The molecule has 0 amide bonds. The molecule has 0 aliphatic rings. The van der Waals surface area contributed by atoms with Gasteiger partial charge >= 0.3 is 0 Å². The molecule has 1 aromatic rings. The minimum atomic E-state index is 0.698. The summed E-state index contributed by atoms with van der Waals surface area (Å²) in [6.45, 7) is 2.70. The van der Waals surface area contributed by atoms with Crippen LogP contribution in [-0.2, 0) is 0 Å². The molecule has 16 heavy (non-hydrogen) atoms. The van der Waals surface area contributed by atoms with Crippen LogP contribution in [0.5, 0.6) is 5.75 Å². The molecule has 88 valence electrons. The summed E-state index contributed by atoms with van der Waals surface area (Å²) >= 11 is 3.40. The SMILES string of the molecule is Cc1cc(C=O)ccc1OCCCCCBr. The van der Waals surface area contributed by atoms with Gasteiger partial charge in [-0.25, -0.2) is 0 Å². The first-order chi connectivity index (χ1) is 7.77. The van der Waals surface area contributed by atoms with Gasteiger partial charge < -0.3 is 4.74 Å². The topological polar surface area (TPSA) is 26.3 Å². The Bertz CT molecular complexity index is 337. The summed E-state index contributed by atoms with van der Waals surface area (Å²) in [4.78, 5) is 10.6. The molecule has 1 aromatic carbocycles. The van der Waals surface area contributed by atoms with E-state index in [2.05, 4.69) is 15.9 Å². The van der Waals surface area contributed by atoms with Crippen molar-refractivity contribution >= 4 is 22.2 Å². The number of aryl methyl sites for hydroxylation is 1. The number of halogens is 1. The fourth-order valence-electron chi connectivity index (χ4n) is 1.46. The summed E-state index contributed by atoms with van der Waals surface area (Å²) in [5.74, 6) is 0.879. The third-order valence-corrected chi connectivity index (χ3v) is 2.93. The first-order valence-electron chi connectivity index (χ1n) is 5.52. The molecule has 0 unspecified atom stereocenters. The first-order valence-corrected chi connectivity index (χ1v) is 6.64. The van der Waals surface area contributed by atoms with Crippen LogP contribution in [0.15, 0.2) is 18.2 Å². The van der Waals surface area contributed by atoms with Crippen LogP contribution in [0.3, 0.4) is 0 Å². The van der Waals surface area contributed by atoms with Crippen LogP contribution in [0.25, 0.3) is 0 Å². The zero-order chi connectivity index (χ0) is 11.8. The highest BCUT2D eigenvalue weighted by atomic mass is 79.9. The summed E-state index contributed by atoms with van der Waals surface area (Å²) in [5, 5.41) is 1.06. The van der Waals surface area contributed by atoms with Crippen LogP contribution < -0.4 is 4.74 Å². The number of carbonyl (C=O) groups excluding carboxylic acids is 1. The van der Waals surface area contributed by atoms with E-state index in [1.54, 1.807) is 6.07 Å². The molecule has 0 fully saturated rings. The Morgan fingerprint density at radius 3 is 2.75 bits per heavy atom. The van der Waals surface area contributed by atoms with Crippen molar-refractivity contribution in [1.29, 1.82) is 0 Å². The van der Waals surface area contributed by atoms with E-state index in [-0.39, 0.29) is 0 Å². The number of ether oxygens (including phenoxy) is 1. The van der Waals surface area contributed by atoms with Gasteiger partial charge in [0.2, 0.25) is 0 Å².